The summed E-state index contributed by atoms with van der Waals surface area (Å²) in [7, 11) is 0. The number of nitrogens with one attached hydrogen (secondary N) is 2. The van der Waals surface area contributed by atoms with E-state index >= 15 is 0 Å². The van der Waals surface area contributed by atoms with Crippen LogP contribution in [0.3, 0.4) is 0 Å². The zero-order valence-electron chi connectivity index (χ0n) is 29.4. The number of hydrogen-bond donors (Lipinski definition) is 4. The Kier molecular flexibility index (Phi) is 10.9. The van der Waals surface area contributed by atoms with Gasteiger partial charge in [0.05, 0.1) is 12.1 Å². The van der Waals surface area contributed by atoms with Gasteiger partial charge >= 0.3 is 24.1 Å². The Bertz CT molecular complexity index is 1730. The van der Waals surface area contributed by atoms with Crippen molar-refractivity contribution in [1.29, 1.82) is 0 Å². The maximum absolute atomic E-state index is 13.3. The van der Waals surface area contributed by atoms with Crippen LogP contribution in [-0.4, -0.2) is 102 Å². The molecule has 2 saturated heterocycles. The van der Waals surface area contributed by atoms with E-state index in [1.165, 1.54) is 44.8 Å². The highest BCUT2D eigenvalue weighted by Crippen LogP contribution is 2.37. The third-order valence-corrected chi connectivity index (χ3v) is 9.88. The smallest absolute Gasteiger partial charge is 0.410 e. The van der Waals surface area contributed by atoms with Crippen molar-refractivity contribution in [2.75, 3.05) is 13.1 Å². The molecule has 0 spiro atoms. The predicted octanol–water partition coefficient (Wildman–Crippen LogP) is 4.96. The van der Waals surface area contributed by atoms with Gasteiger partial charge in [-0.2, -0.15) is 0 Å². The number of aromatic nitrogens is 2. The molecule has 2 aliphatic rings. The van der Waals surface area contributed by atoms with Crippen molar-refractivity contribution < 1.29 is 48.5 Å². The van der Waals surface area contributed by atoms with Crippen LogP contribution in [0, 0.1) is 0 Å². The highest BCUT2D eigenvalue weighted by Gasteiger charge is 2.42. The highest BCUT2D eigenvalue weighted by atomic mass is 32.1. The molecule has 2 aliphatic heterocycles. The number of aromatic carboxylic acids is 2. The molecule has 4 atom stereocenters. The first-order chi connectivity index (χ1) is 24.3. The van der Waals surface area contributed by atoms with Gasteiger partial charge in [-0.05, 0) is 78.6 Å². The van der Waals surface area contributed by atoms with Gasteiger partial charge in [0.15, 0.2) is 11.4 Å². The largest absolute Gasteiger partial charge is 0.476 e. The van der Waals surface area contributed by atoms with E-state index in [1.54, 1.807) is 41.5 Å². The molecule has 4 heterocycles. The lowest BCUT2D eigenvalue weighted by Gasteiger charge is -2.27. The number of ether oxygens (including phenoxy) is 2. The van der Waals surface area contributed by atoms with Crippen LogP contribution in [0.15, 0.2) is 35.0 Å². The van der Waals surface area contributed by atoms with Crippen LogP contribution in [0.5, 0.6) is 0 Å². The van der Waals surface area contributed by atoms with Gasteiger partial charge in [-0.25, -0.2) is 29.1 Å². The maximum atomic E-state index is 13.3. The molecule has 4 N–H and O–H groups in total. The van der Waals surface area contributed by atoms with Crippen LogP contribution >= 0.6 is 22.7 Å². The number of nitrogens with zero attached hydrogens (tertiary/aromatic N) is 4. The Morgan fingerprint density at radius 2 is 1.02 bits per heavy atom. The molecule has 5 rings (SSSR count). The van der Waals surface area contributed by atoms with Gasteiger partial charge in [0.2, 0.25) is 0 Å². The minimum atomic E-state index is -1.19. The van der Waals surface area contributed by atoms with E-state index in [9.17, 15) is 39.0 Å². The molecule has 52 heavy (non-hydrogen) atoms. The molecule has 2 fully saturated rings. The first kappa shape index (κ1) is 38.1. The van der Waals surface area contributed by atoms with Crippen molar-refractivity contribution in [2.45, 2.75) is 89.8 Å². The minimum Gasteiger partial charge on any atom is -0.476 e. The molecule has 16 nitrogen and oxygen atoms in total. The summed E-state index contributed by atoms with van der Waals surface area (Å²) in [4.78, 5) is 86.9. The molecule has 0 aliphatic carbocycles. The van der Waals surface area contributed by atoms with E-state index in [1.807, 2.05) is 0 Å². The second-order valence-electron chi connectivity index (χ2n) is 14.4. The Morgan fingerprint density at radius 3 is 1.31 bits per heavy atom. The molecule has 278 valence electrons. The zero-order valence-corrected chi connectivity index (χ0v) is 31.0. The average molecular weight is 757 g/mol. The SMILES string of the molecule is CC(C)(C)OC(=O)N1C[C@@H](NC(=O)c2ccc(C(=O)N[C@H]3C[C@@H](c4nc(C(=O)O)cs4)N(C(=O)OC(C)(C)C)C3)cc2)C[C@H]1c1nc(C(=O)O)cs1. The van der Waals surface area contributed by atoms with Crippen LogP contribution in [0.1, 0.15) is 118 Å². The summed E-state index contributed by atoms with van der Waals surface area (Å²) >= 11 is 2.22. The fourth-order valence-electron chi connectivity index (χ4n) is 5.78. The van der Waals surface area contributed by atoms with Gasteiger partial charge in [-0.3, -0.25) is 19.4 Å². The molecule has 3 aromatic rings. The number of carbonyl (C=O) groups is 6. The summed E-state index contributed by atoms with van der Waals surface area (Å²) < 4.78 is 11.1. The van der Waals surface area contributed by atoms with Crippen molar-refractivity contribution in [3.63, 3.8) is 0 Å². The summed E-state index contributed by atoms with van der Waals surface area (Å²) in [6.45, 7) is 10.6. The summed E-state index contributed by atoms with van der Waals surface area (Å²) in [5, 5.41) is 28.1. The maximum Gasteiger partial charge on any atom is 0.410 e. The normalized spacial score (nSPS) is 20.3. The second kappa shape index (κ2) is 14.9. The number of amides is 4. The van der Waals surface area contributed by atoms with E-state index in [0.717, 1.165) is 22.7 Å². The van der Waals surface area contributed by atoms with E-state index in [2.05, 4.69) is 20.6 Å². The summed E-state index contributed by atoms with van der Waals surface area (Å²) in [6.07, 6.45) is -0.675. The summed E-state index contributed by atoms with van der Waals surface area (Å²) in [5.74, 6) is -3.26. The van der Waals surface area contributed by atoms with Crippen LogP contribution in [0.2, 0.25) is 0 Å². The van der Waals surface area contributed by atoms with E-state index < -0.39 is 71.3 Å². The third kappa shape index (κ3) is 9.22. The number of carboxylic acids is 2. The molecule has 0 radical (unpaired) electrons. The quantitative estimate of drug-likeness (QED) is 0.240. The third-order valence-electron chi connectivity index (χ3n) is 7.99. The van der Waals surface area contributed by atoms with Crippen molar-refractivity contribution >= 4 is 58.6 Å². The van der Waals surface area contributed by atoms with Gasteiger partial charge in [-0.1, -0.05) is 0 Å². The monoisotopic (exact) mass is 756 g/mol. The molecule has 18 heteroatoms. The number of likely N-dealkylation sites (tertiary alicyclic amines) is 2. The molecule has 2 aromatic heterocycles. The fourth-order valence-corrected chi connectivity index (χ4v) is 7.62. The number of carboxylic acid groups (broad SMARTS) is 2. The highest BCUT2D eigenvalue weighted by molar-refractivity contribution is 7.10. The average Bonchev–Trinajstić information content (AvgIpc) is 3.85. The number of benzene rings is 1. The van der Waals surface area contributed by atoms with Crippen LogP contribution < -0.4 is 10.6 Å². The van der Waals surface area contributed by atoms with Crippen LogP contribution in [0.25, 0.3) is 0 Å². The van der Waals surface area contributed by atoms with Crippen molar-refractivity contribution in [1.82, 2.24) is 30.4 Å². The first-order valence-electron chi connectivity index (χ1n) is 16.4. The summed E-state index contributed by atoms with van der Waals surface area (Å²) in [5.41, 5.74) is -1.31. The summed E-state index contributed by atoms with van der Waals surface area (Å²) in [6, 6.07) is 3.76. The van der Waals surface area contributed by atoms with Crippen molar-refractivity contribution in [2.24, 2.45) is 0 Å². The van der Waals surface area contributed by atoms with Gasteiger partial charge < -0.3 is 30.3 Å². The zero-order chi connectivity index (χ0) is 38.1. The number of hydrogen-bond acceptors (Lipinski definition) is 12. The first-order valence-corrected chi connectivity index (χ1v) is 18.1. The molecule has 0 bridgehead atoms. The molecule has 0 unspecified atom stereocenters. The number of carbonyl (C=O) groups excluding carboxylic acids is 4. The van der Waals surface area contributed by atoms with E-state index in [-0.39, 0.29) is 48.4 Å². The lowest BCUT2D eigenvalue weighted by atomic mass is 10.1. The lowest BCUT2D eigenvalue weighted by Crippen LogP contribution is -2.41. The standard InChI is InChI=1S/C34H40N6O10S2/c1-33(2,3)49-31(47)39-13-19(11-23(39)27-37-21(15-51-27)29(43)44)35-25(41)17-7-9-18(10-8-17)26(42)36-20-12-24(28-38-22(16-52-28)30(45)46)40(14-20)32(48)50-34(4,5)6/h7-10,15-16,19-20,23-24H,11-14H2,1-6H3,(H,35,41)(H,36,42)(H,43,44)(H,45,46)/t19-,20-,23-,24-/m0/s1. The van der Waals surface area contributed by atoms with Crippen molar-refractivity contribution in [3.8, 4) is 0 Å². The van der Waals surface area contributed by atoms with Crippen LogP contribution in [0.4, 0.5) is 9.59 Å². The Hall–Kier alpha value is -5.10. The molecule has 1 aromatic carbocycles. The Balaban J connectivity index is 1.24. The van der Waals surface area contributed by atoms with Gasteiger partial charge in [0.1, 0.15) is 21.2 Å². The van der Waals surface area contributed by atoms with Gasteiger partial charge in [-0.15, -0.1) is 22.7 Å². The predicted molar refractivity (Wildman–Crippen MR) is 188 cm³/mol. The minimum absolute atomic E-state index is 0.106. The fraction of sp³-hybridized carbons (Fsp3) is 0.471. The molecule has 0 saturated carbocycles. The number of thiazole rings is 2. The molecular formula is C34H40N6O10S2. The van der Waals surface area contributed by atoms with E-state index in [0.29, 0.717) is 10.0 Å². The topological polar surface area (TPSA) is 218 Å². The van der Waals surface area contributed by atoms with Gasteiger partial charge in [0, 0.05) is 47.1 Å². The van der Waals surface area contributed by atoms with E-state index in [4.69, 9.17) is 9.47 Å². The van der Waals surface area contributed by atoms with Gasteiger partial charge in [0.25, 0.3) is 11.8 Å². The van der Waals surface area contributed by atoms with Crippen LogP contribution in [-0.2, 0) is 9.47 Å². The van der Waals surface area contributed by atoms with Crippen molar-refractivity contribution in [3.05, 3.63) is 67.6 Å². The molecule has 4 amide bonds. The second-order valence-corrected chi connectivity index (χ2v) is 16.2. The molecular weight excluding hydrogens is 717 g/mol. The lowest BCUT2D eigenvalue weighted by molar-refractivity contribution is 0.0210. The number of rotatable bonds is 8. The Labute approximate surface area is 307 Å². The Morgan fingerprint density at radius 1 is 0.673 bits per heavy atom.